The molecule has 5 rings (SSSR count). The van der Waals surface area contributed by atoms with Crippen LogP contribution in [0.25, 0.3) is 0 Å². The van der Waals surface area contributed by atoms with Gasteiger partial charge in [0.05, 0.1) is 26.0 Å². The Hall–Kier alpha value is -3.33. The Kier molecular flexibility index (Phi) is 8.73. The predicted octanol–water partition coefficient (Wildman–Crippen LogP) is 5.33. The van der Waals surface area contributed by atoms with Crippen molar-refractivity contribution in [3.8, 4) is 0 Å². The molecule has 0 saturated carbocycles. The Morgan fingerprint density at radius 3 is 2.37 bits per heavy atom. The van der Waals surface area contributed by atoms with Gasteiger partial charge in [0.25, 0.3) is 5.91 Å². The molecule has 1 unspecified atom stereocenters. The number of furan rings is 1. The highest BCUT2D eigenvalue weighted by Gasteiger charge is 2.55. The normalized spacial score (nSPS) is 21.4. The summed E-state index contributed by atoms with van der Waals surface area (Å²) in [5, 5.41) is 0. The number of ether oxygens (including phenoxy) is 2. The van der Waals surface area contributed by atoms with Crippen LogP contribution in [0.15, 0.2) is 34.9 Å². The molecule has 3 saturated heterocycles. The fraction of sp³-hybridized carbons (Fsp3) is 0.594. The summed E-state index contributed by atoms with van der Waals surface area (Å²) in [4.78, 5) is 45.0. The third-order valence-corrected chi connectivity index (χ3v) is 9.41. The summed E-state index contributed by atoms with van der Waals surface area (Å²) in [6.45, 7) is 9.57. The summed E-state index contributed by atoms with van der Waals surface area (Å²) in [5.74, 6) is 0.0866. The molecule has 1 atom stereocenters. The molecule has 3 aliphatic rings. The van der Waals surface area contributed by atoms with Gasteiger partial charge in [-0.25, -0.2) is 9.59 Å². The molecular weight excluding hydrogens is 522 g/mol. The fourth-order valence-electron chi connectivity index (χ4n) is 7.06. The number of nitrogens with zero attached hydrogens (tertiary/aromatic N) is 3. The number of hydrogen-bond acceptors (Lipinski definition) is 7. The van der Waals surface area contributed by atoms with Gasteiger partial charge in [-0.2, -0.15) is 0 Å². The van der Waals surface area contributed by atoms with Gasteiger partial charge in [-0.1, -0.05) is 38.0 Å². The summed E-state index contributed by atoms with van der Waals surface area (Å²) < 4.78 is 16.7. The standard InChI is InChI=1S/C32H43N3O6/c1-5-6-10-27-32(41-31(38)35(27)21-26-25(13-20-40-26)30(37)39-4)14-18-33(19-15-32)24-11-16-34(17-12-24)29(36)28-22(2)8-7-9-23(28)3/h7-9,13,20,24,27H,5-6,10-12,14-19,21H2,1-4H3. The molecule has 9 heteroatoms. The Labute approximate surface area is 242 Å². The summed E-state index contributed by atoms with van der Waals surface area (Å²) in [7, 11) is 1.34. The number of methoxy groups -OCH3 is 1. The Bertz CT molecular complexity index is 1240. The molecule has 222 valence electrons. The number of carbonyl (C=O) groups excluding carboxylic acids is 3. The Balaban J connectivity index is 1.22. The first kappa shape index (κ1) is 29.2. The van der Waals surface area contributed by atoms with E-state index in [9.17, 15) is 14.4 Å². The molecule has 2 aromatic rings. The van der Waals surface area contributed by atoms with Gasteiger partial charge in [-0.3, -0.25) is 14.6 Å². The number of rotatable bonds is 8. The zero-order valence-corrected chi connectivity index (χ0v) is 24.8. The first-order valence-corrected chi connectivity index (χ1v) is 15.0. The second-order valence-electron chi connectivity index (χ2n) is 11.8. The molecule has 4 heterocycles. The van der Waals surface area contributed by atoms with Gasteiger partial charge in [-0.05, 0) is 50.3 Å². The van der Waals surface area contributed by atoms with Crippen LogP contribution in [0.5, 0.6) is 0 Å². The van der Waals surface area contributed by atoms with Crippen LogP contribution < -0.4 is 0 Å². The Morgan fingerprint density at radius 1 is 1.05 bits per heavy atom. The van der Waals surface area contributed by atoms with Crippen LogP contribution >= 0.6 is 0 Å². The topological polar surface area (TPSA) is 92.5 Å². The molecule has 9 nitrogen and oxygen atoms in total. The maximum Gasteiger partial charge on any atom is 0.411 e. The first-order valence-electron chi connectivity index (χ1n) is 15.0. The van der Waals surface area contributed by atoms with Gasteiger partial charge in [0.1, 0.15) is 16.9 Å². The molecule has 0 bridgehead atoms. The predicted molar refractivity (Wildman–Crippen MR) is 154 cm³/mol. The van der Waals surface area contributed by atoms with Crippen molar-refractivity contribution < 1.29 is 28.3 Å². The third kappa shape index (κ3) is 5.73. The average Bonchev–Trinajstić information content (AvgIpc) is 3.54. The second-order valence-corrected chi connectivity index (χ2v) is 11.8. The Morgan fingerprint density at radius 2 is 1.73 bits per heavy atom. The van der Waals surface area contributed by atoms with Gasteiger partial charge >= 0.3 is 12.1 Å². The van der Waals surface area contributed by atoms with Gasteiger partial charge in [0.15, 0.2) is 0 Å². The number of hydrogen-bond donors (Lipinski definition) is 0. The minimum Gasteiger partial charge on any atom is -0.467 e. The van der Waals surface area contributed by atoms with Crippen LogP contribution in [-0.2, 0) is 16.0 Å². The van der Waals surface area contributed by atoms with Gasteiger partial charge < -0.3 is 18.8 Å². The van der Waals surface area contributed by atoms with Crippen LogP contribution in [0.3, 0.4) is 0 Å². The molecule has 3 fully saturated rings. The summed E-state index contributed by atoms with van der Waals surface area (Å²) in [5.41, 5.74) is 2.70. The highest BCUT2D eigenvalue weighted by Crippen LogP contribution is 2.42. The van der Waals surface area contributed by atoms with E-state index in [4.69, 9.17) is 13.9 Å². The van der Waals surface area contributed by atoms with Crippen molar-refractivity contribution in [2.75, 3.05) is 33.3 Å². The van der Waals surface area contributed by atoms with E-state index in [0.717, 1.165) is 87.8 Å². The quantitative estimate of drug-likeness (QED) is 0.399. The molecule has 3 aliphatic heterocycles. The maximum absolute atomic E-state index is 13.3. The number of aryl methyl sites for hydroxylation is 2. The van der Waals surface area contributed by atoms with E-state index in [-0.39, 0.29) is 24.6 Å². The lowest BCUT2D eigenvalue weighted by atomic mass is 9.81. The largest absolute Gasteiger partial charge is 0.467 e. The van der Waals surface area contributed by atoms with Crippen molar-refractivity contribution in [2.24, 2.45) is 0 Å². The van der Waals surface area contributed by atoms with Crippen molar-refractivity contribution in [3.05, 3.63) is 58.5 Å². The summed E-state index contributed by atoms with van der Waals surface area (Å²) >= 11 is 0. The molecule has 1 spiro atoms. The molecule has 0 aliphatic carbocycles. The molecule has 1 aromatic carbocycles. The van der Waals surface area contributed by atoms with Crippen LogP contribution in [0.2, 0.25) is 0 Å². The fourth-order valence-corrected chi connectivity index (χ4v) is 7.06. The monoisotopic (exact) mass is 565 g/mol. The smallest absolute Gasteiger partial charge is 0.411 e. The first-order chi connectivity index (χ1) is 19.8. The van der Waals surface area contributed by atoms with Crippen LogP contribution in [0.1, 0.15) is 89.5 Å². The highest BCUT2D eigenvalue weighted by atomic mass is 16.6. The van der Waals surface area contributed by atoms with Gasteiger partial charge in [0.2, 0.25) is 0 Å². The summed E-state index contributed by atoms with van der Waals surface area (Å²) in [6, 6.07) is 7.94. The van der Waals surface area contributed by atoms with Crippen molar-refractivity contribution in [1.82, 2.24) is 14.7 Å². The number of unbranched alkanes of at least 4 members (excludes halogenated alkanes) is 1. The number of carbonyl (C=O) groups is 3. The number of benzene rings is 1. The van der Waals surface area contributed by atoms with Crippen molar-refractivity contribution in [3.63, 3.8) is 0 Å². The zero-order chi connectivity index (χ0) is 29.1. The molecule has 0 N–H and O–H groups in total. The summed E-state index contributed by atoms with van der Waals surface area (Å²) in [6.07, 6.45) is 7.40. The molecule has 2 amide bonds. The minimum atomic E-state index is -0.542. The van der Waals surface area contributed by atoms with Gasteiger partial charge in [-0.15, -0.1) is 0 Å². The van der Waals surface area contributed by atoms with Crippen LogP contribution in [-0.4, -0.2) is 83.6 Å². The molecule has 41 heavy (non-hydrogen) atoms. The second kappa shape index (κ2) is 12.3. The molecule has 1 aromatic heterocycles. The van der Waals surface area contributed by atoms with Crippen LogP contribution in [0.4, 0.5) is 4.79 Å². The van der Waals surface area contributed by atoms with E-state index >= 15 is 0 Å². The number of likely N-dealkylation sites (tertiary alicyclic amines) is 2. The van der Waals surface area contributed by atoms with E-state index < -0.39 is 11.6 Å². The van der Waals surface area contributed by atoms with Crippen molar-refractivity contribution in [1.29, 1.82) is 0 Å². The highest BCUT2D eigenvalue weighted by molar-refractivity contribution is 5.97. The lowest BCUT2D eigenvalue weighted by Crippen LogP contribution is -2.56. The maximum atomic E-state index is 13.3. The average molecular weight is 566 g/mol. The molecular formula is C32H43N3O6. The van der Waals surface area contributed by atoms with E-state index in [1.807, 2.05) is 36.9 Å². The van der Waals surface area contributed by atoms with Crippen molar-refractivity contribution >= 4 is 18.0 Å². The zero-order valence-electron chi connectivity index (χ0n) is 24.8. The van der Waals surface area contributed by atoms with Crippen molar-refractivity contribution in [2.45, 2.75) is 89.9 Å². The van der Waals surface area contributed by atoms with E-state index in [1.54, 1.807) is 11.0 Å². The van der Waals surface area contributed by atoms with Gasteiger partial charge in [0, 0.05) is 50.6 Å². The third-order valence-electron chi connectivity index (χ3n) is 9.41. The number of amides is 2. The lowest BCUT2D eigenvalue weighted by Gasteiger charge is -2.46. The number of esters is 1. The SMILES string of the molecule is CCCCC1N(Cc2occc2C(=O)OC)C(=O)OC12CCN(C1CCN(C(=O)c3c(C)cccc3C)CC1)CC2. The van der Waals surface area contributed by atoms with E-state index in [0.29, 0.717) is 17.4 Å². The minimum absolute atomic E-state index is 0.0792. The number of piperidine rings is 2. The molecule has 0 radical (unpaired) electrons. The van der Waals surface area contributed by atoms with E-state index in [1.165, 1.54) is 13.4 Å². The lowest BCUT2D eigenvalue weighted by molar-refractivity contribution is -0.0384. The van der Waals surface area contributed by atoms with Crippen LogP contribution in [0, 0.1) is 13.8 Å². The van der Waals surface area contributed by atoms with E-state index in [2.05, 4.69) is 11.8 Å².